The largest absolute Gasteiger partial charge is 0.465 e. The first kappa shape index (κ1) is 18.3. The molecule has 28 heavy (non-hydrogen) atoms. The Morgan fingerprint density at radius 3 is 2.64 bits per heavy atom. The third-order valence-corrected chi connectivity index (χ3v) is 5.09. The van der Waals surface area contributed by atoms with E-state index in [0.717, 1.165) is 16.5 Å². The number of carbonyl (C=O) groups excluding carboxylic acids is 2. The van der Waals surface area contributed by atoms with Crippen molar-refractivity contribution in [1.82, 2.24) is 9.47 Å². The monoisotopic (exact) mass is 378 g/mol. The molecule has 1 aliphatic heterocycles. The number of aromatic nitrogens is 1. The van der Waals surface area contributed by atoms with Crippen LogP contribution in [0.15, 0.2) is 60.8 Å². The summed E-state index contributed by atoms with van der Waals surface area (Å²) in [6, 6.07) is 17.5. The summed E-state index contributed by atoms with van der Waals surface area (Å²) in [4.78, 5) is 26.9. The molecule has 144 valence electrons. The van der Waals surface area contributed by atoms with E-state index in [1.807, 2.05) is 64.1 Å². The normalized spacial score (nSPS) is 16.9. The number of methoxy groups -OCH3 is 1. The van der Waals surface area contributed by atoms with E-state index in [2.05, 4.69) is 0 Å². The van der Waals surface area contributed by atoms with Gasteiger partial charge in [0.05, 0.1) is 25.8 Å². The van der Waals surface area contributed by atoms with Gasteiger partial charge in [-0.05, 0) is 11.6 Å². The maximum Gasteiger partial charge on any atom is 0.340 e. The molecule has 1 saturated heterocycles. The van der Waals surface area contributed by atoms with Crippen LogP contribution in [0.2, 0.25) is 0 Å². The second kappa shape index (κ2) is 7.86. The van der Waals surface area contributed by atoms with Crippen molar-refractivity contribution >= 4 is 22.8 Å². The Labute approximate surface area is 163 Å². The number of morpholine rings is 1. The van der Waals surface area contributed by atoms with Crippen LogP contribution >= 0.6 is 0 Å². The summed E-state index contributed by atoms with van der Waals surface area (Å²) in [5, 5.41) is 0.784. The average molecular weight is 378 g/mol. The Morgan fingerprint density at radius 1 is 1.11 bits per heavy atom. The SMILES string of the molecule is COC(=O)c1cn(CC(=O)N2CCO[C@@H](c3ccccc3)C2)c2ccccc12. The number of amides is 1. The highest BCUT2D eigenvalue weighted by molar-refractivity contribution is 6.04. The van der Waals surface area contributed by atoms with E-state index in [0.29, 0.717) is 25.3 Å². The van der Waals surface area contributed by atoms with E-state index < -0.39 is 5.97 Å². The van der Waals surface area contributed by atoms with Gasteiger partial charge in [-0.2, -0.15) is 0 Å². The van der Waals surface area contributed by atoms with E-state index >= 15 is 0 Å². The van der Waals surface area contributed by atoms with Crippen LogP contribution in [0.4, 0.5) is 0 Å². The third-order valence-electron chi connectivity index (χ3n) is 5.09. The minimum absolute atomic E-state index is 0.00130. The number of hydrogen-bond acceptors (Lipinski definition) is 4. The second-order valence-corrected chi connectivity index (χ2v) is 6.79. The molecule has 3 aromatic rings. The number of para-hydroxylation sites is 1. The summed E-state index contributed by atoms with van der Waals surface area (Å²) in [6.45, 7) is 1.75. The number of fused-ring (bicyclic) bond motifs is 1. The zero-order valence-corrected chi connectivity index (χ0v) is 15.7. The van der Waals surface area contributed by atoms with Crippen molar-refractivity contribution in [3.8, 4) is 0 Å². The molecule has 6 nitrogen and oxygen atoms in total. The van der Waals surface area contributed by atoms with Gasteiger partial charge in [-0.1, -0.05) is 48.5 Å². The number of nitrogens with zero attached hydrogens (tertiary/aromatic N) is 2. The Bertz CT molecular complexity index is 996. The number of carbonyl (C=O) groups is 2. The highest BCUT2D eigenvalue weighted by atomic mass is 16.5. The lowest BCUT2D eigenvalue weighted by Gasteiger charge is -2.33. The first-order valence-electron chi connectivity index (χ1n) is 9.28. The summed E-state index contributed by atoms with van der Waals surface area (Å²) in [5.74, 6) is -0.403. The van der Waals surface area contributed by atoms with E-state index in [4.69, 9.17) is 9.47 Å². The maximum absolute atomic E-state index is 13.0. The first-order chi connectivity index (χ1) is 13.7. The van der Waals surface area contributed by atoms with Crippen LogP contribution in [-0.2, 0) is 20.8 Å². The average Bonchev–Trinajstić information content (AvgIpc) is 3.12. The van der Waals surface area contributed by atoms with Crippen LogP contribution in [0, 0.1) is 0 Å². The lowest BCUT2D eigenvalue weighted by molar-refractivity contribution is -0.139. The van der Waals surface area contributed by atoms with E-state index in [9.17, 15) is 9.59 Å². The molecule has 0 spiro atoms. The fourth-order valence-corrected chi connectivity index (χ4v) is 3.64. The van der Waals surface area contributed by atoms with Gasteiger partial charge >= 0.3 is 5.97 Å². The van der Waals surface area contributed by atoms with Gasteiger partial charge in [0.1, 0.15) is 12.6 Å². The van der Waals surface area contributed by atoms with Crippen LogP contribution in [0.25, 0.3) is 10.9 Å². The molecule has 1 atom stereocenters. The van der Waals surface area contributed by atoms with Gasteiger partial charge < -0.3 is 18.9 Å². The van der Waals surface area contributed by atoms with Gasteiger partial charge in [0.15, 0.2) is 0 Å². The molecule has 1 aromatic heterocycles. The molecule has 4 rings (SSSR count). The van der Waals surface area contributed by atoms with Gasteiger partial charge in [0.25, 0.3) is 0 Å². The van der Waals surface area contributed by atoms with Gasteiger partial charge in [0.2, 0.25) is 5.91 Å². The topological polar surface area (TPSA) is 60.8 Å². The number of hydrogen-bond donors (Lipinski definition) is 0. The van der Waals surface area contributed by atoms with Crippen molar-refractivity contribution in [3.05, 3.63) is 71.9 Å². The minimum Gasteiger partial charge on any atom is -0.465 e. The smallest absolute Gasteiger partial charge is 0.340 e. The van der Waals surface area contributed by atoms with Crippen LogP contribution in [0.5, 0.6) is 0 Å². The van der Waals surface area contributed by atoms with Crippen molar-refractivity contribution in [2.75, 3.05) is 26.8 Å². The number of ether oxygens (including phenoxy) is 2. The molecule has 2 aromatic carbocycles. The standard InChI is InChI=1S/C22H22N2O4/c1-27-22(26)18-13-24(19-10-6-5-9-17(18)19)15-21(25)23-11-12-28-20(14-23)16-7-3-2-4-8-16/h2-10,13,20H,11-12,14-15H2,1H3/t20-/m1/s1. The zero-order valence-electron chi connectivity index (χ0n) is 15.7. The van der Waals surface area contributed by atoms with E-state index in [1.54, 1.807) is 6.20 Å². The molecule has 0 radical (unpaired) electrons. The summed E-state index contributed by atoms with van der Waals surface area (Å²) in [6.07, 6.45) is 1.58. The lowest BCUT2D eigenvalue weighted by atomic mass is 10.1. The molecular weight excluding hydrogens is 356 g/mol. The molecule has 0 N–H and O–H groups in total. The predicted molar refractivity (Wildman–Crippen MR) is 105 cm³/mol. The van der Waals surface area contributed by atoms with E-state index in [-0.39, 0.29) is 18.6 Å². The number of rotatable bonds is 4. The van der Waals surface area contributed by atoms with Gasteiger partial charge in [-0.25, -0.2) is 4.79 Å². The highest BCUT2D eigenvalue weighted by Crippen LogP contribution is 2.24. The Balaban J connectivity index is 1.54. The van der Waals surface area contributed by atoms with Gasteiger partial charge in [-0.15, -0.1) is 0 Å². The molecule has 6 heteroatoms. The Hall–Kier alpha value is -3.12. The fourth-order valence-electron chi connectivity index (χ4n) is 3.64. The molecule has 1 aliphatic rings. The van der Waals surface area contributed by atoms with Crippen molar-refractivity contribution in [3.63, 3.8) is 0 Å². The third kappa shape index (κ3) is 3.51. The number of esters is 1. The minimum atomic E-state index is -0.405. The molecule has 1 fully saturated rings. The number of benzene rings is 2. The van der Waals surface area contributed by atoms with Crippen LogP contribution < -0.4 is 0 Å². The summed E-state index contributed by atoms with van der Waals surface area (Å²) < 4.78 is 12.5. The van der Waals surface area contributed by atoms with Crippen LogP contribution in [-0.4, -0.2) is 48.1 Å². The van der Waals surface area contributed by atoms with Crippen molar-refractivity contribution in [2.45, 2.75) is 12.6 Å². The fraction of sp³-hybridized carbons (Fsp3) is 0.273. The lowest BCUT2D eigenvalue weighted by Crippen LogP contribution is -2.43. The highest BCUT2D eigenvalue weighted by Gasteiger charge is 2.26. The zero-order chi connectivity index (χ0) is 19.5. The maximum atomic E-state index is 13.0. The molecule has 0 bridgehead atoms. The summed E-state index contributed by atoms with van der Waals surface area (Å²) in [5.41, 5.74) is 2.37. The molecule has 1 amide bonds. The summed E-state index contributed by atoms with van der Waals surface area (Å²) in [7, 11) is 1.36. The Morgan fingerprint density at radius 2 is 1.86 bits per heavy atom. The van der Waals surface area contributed by atoms with Crippen molar-refractivity contribution in [1.29, 1.82) is 0 Å². The van der Waals surface area contributed by atoms with Gasteiger partial charge in [0, 0.05) is 23.6 Å². The molecule has 0 unspecified atom stereocenters. The molecular formula is C22H22N2O4. The van der Waals surface area contributed by atoms with Crippen LogP contribution in [0.1, 0.15) is 22.0 Å². The van der Waals surface area contributed by atoms with Gasteiger partial charge in [-0.3, -0.25) is 4.79 Å². The molecule has 0 aliphatic carbocycles. The van der Waals surface area contributed by atoms with Crippen LogP contribution in [0.3, 0.4) is 0 Å². The van der Waals surface area contributed by atoms with E-state index in [1.165, 1.54) is 7.11 Å². The molecule has 0 saturated carbocycles. The predicted octanol–water partition coefficient (Wildman–Crippen LogP) is 3.03. The van der Waals surface area contributed by atoms with Crippen molar-refractivity contribution in [2.24, 2.45) is 0 Å². The molecule has 2 heterocycles. The quantitative estimate of drug-likeness (QED) is 0.655. The Kier molecular flexibility index (Phi) is 5.12. The summed E-state index contributed by atoms with van der Waals surface area (Å²) >= 11 is 0. The van der Waals surface area contributed by atoms with Crippen molar-refractivity contribution < 1.29 is 19.1 Å². The second-order valence-electron chi connectivity index (χ2n) is 6.79. The first-order valence-corrected chi connectivity index (χ1v) is 9.28.